The Bertz CT molecular complexity index is 1290. The van der Waals surface area contributed by atoms with E-state index in [4.69, 9.17) is 21.1 Å². The van der Waals surface area contributed by atoms with E-state index in [1.165, 1.54) is 4.90 Å². The van der Waals surface area contributed by atoms with E-state index < -0.39 is 24.4 Å². The van der Waals surface area contributed by atoms with Crippen LogP contribution >= 0.6 is 27.5 Å². The first kappa shape index (κ1) is 25.7. The van der Waals surface area contributed by atoms with Gasteiger partial charge in [0, 0.05) is 28.8 Å². The van der Waals surface area contributed by atoms with Crippen LogP contribution in [0.2, 0.25) is 5.02 Å². The SMILES string of the molecule is Cc1ccc(Oc2ccc(N3C[C@H](C(=O)OCC(=O)Nc4cc(Cl)c(Br)cc4C)CC3=O)cc2)cc1. The first-order chi connectivity index (χ1) is 17.2. The number of nitrogens with zero attached hydrogens (tertiary/aromatic N) is 1. The summed E-state index contributed by atoms with van der Waals surface area (Å²) in [6, 6.07) is 18.2. The minimum absolute atomic E-state index is 0.0174. The minimum Gasteiger partial charge on any atom is -0.457 e. The molecule has 2 amide bonds. The van der Waals surface area contributed by atoms with Crippen LogP contribution in [0.4, 0.5) is 11.4 Å². The Morgan fingerprint density at radius 3 is 2.36 bits per heavy atom. The van der Waals surface area contributed by atoms with Crippen molar-refractivity contribution < 1.29 is 23.9 Å². The highest BCUT2D eigenvalue weighted by atomic mass is 79.9. The number of hydrogen-bond donors (Lipinski definition) is 1. The molecule has 0 spiro atoms. The highest BCUT2D eigenvalue weighted by molar-refractivity contribution is 9.10. The largest absolute Gasteiger partial charge is 0.457 e. The molecular weight excluding hydrogens is 548 g/mol. The molecule has 4 rings (SSSR count). The third kappa shape index (κ3) is 6.25. The average molecular weight is 572 g/mol. The fourth-order valence-electron chi connectivity index (χ4n) is 3.77. The molecule has 1 N–H and O–H groups in total. The zero-order chi connectivity index (χ0) is 25.8. The Labute approximate surface area is 222 Å². The van der Waals surface area contributed by atoms with Gasteiger partial charge >= 0.3 is 5.97 Å². The molecule has 1 aliphatic rings. The van der Waals surface area contributed by atoms with E-state index in [0.29, 0.717) is 22.1 Å². The van der Waals surface area contributed by atoms with Crippen LogP contribution in [-0.2, 0) is 19.1 Å². The molecule has 0 saturated carbocycles. The lowest BCUT2D eigenvalue weighted by Crippen LogP contribution is -2.28. The fourth-order valence-corrected chi connectivity index (χ4v) is 4.39. The highest BCUT2D eigenvalue weighted by Gasteiger charge is 2.36. The topological polar surface area (TPSA) is 84.9 Å². The van der Waals surface area contributed by atoms with Crippen molar-refractivity contribution in [3.05, 3.63) is 81.3 Å². The quantitative estimate of drug-likeness (QED) is 0.349. The molecule has 1 atom stereocenters. The summed E-state index contributed by atoms with van der Waals surface area (Å²) in [5, 5.41) is 3.13. The van der Waals surface area contributed by atoms with Crippen LogP contribution < -0.4 is 15.0 Å². The summed E-state index contributed by atoms with van der Waals surface area (Å²) >= 11 is 9.41. The van der Waals surface area contributed by atoms with Crippen molar-refractivity contribution in [2.75, 3.05) is 23.4 Å². The molecule has 3 aromatic carbocycles. The van der Waals surface area contributed by atoms with E-state index in [9.17, 15) is 14.4 Å². The summed E-state index contributed by atoms with van der Waals surface area (Å²) in [7, 11) is 0. The third-order valence-electron chi connectivity index (χ3n) is 5.75. The van der Waals surface area contributed by atoms with E-state index in [1.807, 2.05) is 38.1 Å². The highest BCUT2D eigenvalue weighted by Crippen LogP contribution is 2.30. The van der Waals surface area contributed by atoms with Gasteiger partial charge < -0.3 is 19.7 Å². The molecule has 7 nitrogen and oxygen atoms in total. The average Bonchev–Trinajstić information content (AvgIpc) is 3.24. The number of hydrogen-bond acceptors (Lipinski definition) is 5. The van der Waals surface area contributed by atoms with Crippen LogP contribution in [0, 0.1) is 19.8 Å². The maximum absolute atomic E-state index is 12.6. The molecule has 1 fully saturated rings. The van der Waals surface area contributed by atoms with Gasteiger partial charge in [0.15, 0.2) is 6.61 Å². The van der Waals surface area contributed by atoms with Crippen LogP contribution in [0.1, 0.15) is 17.5 Å². The fraction of sp³-hybridized carbons (Fsp3) is 0.222. The van der Waals surface area contributed by atoms with Gasteiger partial charge in [-0.25, -0.2) is 0 Å². The maximum atomic E-state index is 12.6. The zero-order valence-electron chi connectivity index (χ0n) is 19.7. The number of anilines is 2. The normalized spacial score (nSPS) is 15.1. The van der Waals surface area contributed by atoms with Gasteiger partial charge in [0.2, 0.25) is 5.91 Å². The maximum Gasteiger partial charge on any atom is 0.311 e. The first-order valence-corrected chi connectivity index (χ1v) is 12.4. The van der Waals surface area contributed by atoms with E-state index in [2.05, 4.69) is 21.2 Å². The lowest BCUT2D eigenvalue weighted by Gasteiger charge is -2.17. The van der Waals surface area contributed by atoms with Crippen molar-refractivity contribution in [2.24, 2.45) is 5.92 Å². The standard InChI is InChI=1S/C27H24BrClN2O5/c1-16-3-7-20(8-4-16)36-21-9-5-19(6-10-21)31-14-18(12-26(31)33)27(34)35-15-25(32)30-24-13-23(29)22(28)11-17(24)2/h3-11,13,18H,12,14-15H2,1-2H3,(H,30,32)/t18-/m1/s1. The molecular formula is C27H24BrClN2O5. The molecule has 186 valence electrons. The number of ether oxygens (including phenoxy) is 2. The summed E-state index contributed by atoms with van der Waals surface area (Å²) in [6.45, 7) is 3.55. The molecule has 36 heavy (non-hydrogen) atoms. The van der Waals surface area contributed by atoms with Crippen LogP contribution in [0.5, 0.6) is 11.5 Å². The van der Waals surface area contributed by atoms with Gasteiger partial charge in [0.05, 0.1) is 10.9 Å². The summed E-state index contributed by atoms with van der Waals surface area (Å²) in [6.07, 6.45) is 0.0174. The number of carbonyl (C=O) groups is 3. The van der Waals surface area contributed by atoms with Crippen LogP contribution in [0.15, 0.2) is 65.1 Å². The number of benzene rings is 3. The molecule has 0 aromatic heterocycles. The van der Waals surface area contributed by atoms with Crippen LogP contribution in [0.25, 0.3) is 0 Å². The second-order valence-electron chi connectivity index (χ2n) is 8.55. The molecule has 9 heteroatoms. The number of esters is 1. The lowest BCUT2D eigenvalue weighted by molar-refractivity contribution is -0.151. The Morgan fingerprint density at radius 2 is 1.69 bits per heavy atom. The molecule has 0 radical (unpaired) electrons. The van der Waals surface area contributed by atoms with Crippen molar-refractivity contribution >= 4 is 56.7 Å². The summed E-state index contributed by atoms with van der Waals surface area (Å²) in [5.41, 5.74) is 3.13. The van der Waals surface area contributed by atoms with Gasteiger partial charge in [-0.2, -0.15) is 0 Å². The number of carbonyl (C=O) groups excluding carboxylic acids is 3. The number of amides is 2. The lowest BCUT2D eigenvalue weighted by atomic mass is 10.1. The summed E-state index contributed by atoms with van der Waals surface area (Å²) in [4.78, 5) is 38.9. The van der Waals surface area contributed by atoms with Crippen molar-refractivity contribution in [3.63, 3.8) is 0 Å². The summed E-state index contributed by atoms with van der Waals surface area (Å²) < 4.78 is 11.7. The van der Waals surface area contributed by atoms with E-state index in [-0.39, 0.29) is 18.9 Å². The van der Waals surface area contributed by atoms with Crippen molar-refractivity contribution in [3.8, 4) is 11.5 Å². The molecule has 1 aliphatic heterocycles. The molecule has 1 saturated heterocycles. The molecule has 0 aliphatic carbocycles. The van der Waals surface area contributed by atoms with E-state index in [0.717, 1.165) is 21.3 Å². The number of aryl methyl sites for hydroxylation is 2. The van der Waals surface area contributed by atoms with E-state index >= 15 is 0 Å². The number of rotatable bonds is 7. The molecule has 1 heterocycles. The predicted molar refractivity (Wildman–Crippen MR) is 142 cm³/mol. The Kier molecular flexibility index (Phi) is 7.96. The minimum atomic E-state index is -0.655. The Hall–Kier alpha value is -3.36. The van der Waals surface area contributed by atoms with Gasteiger partial charge in [0.1, 0.15) is 11.5 Å². The van der Waals surface area contributed by atoms with Crippen molar-refractivity contribution in [1.29, 1.82) is 0 Å². The predicted octanol–water partition coefficient (Wildman–Crippen LogP) is 6.05. The van der Waals surface area contributed by atoms with E-state index in [1.54, 1.807) is 36.4 Å². The van der Waals surface area contributed by atoms with Crippen LogP contribution in [0.3, 0.4) is 0 Å². The van der Waals surface area contributed by atoms with Gasteiger partial charge in [0.25, 0.3) is 5.91 Å². The second-order valence-corrected chi connectivity index (χ2v) is 9.81. The second kappa shape index (κ2) is 11.1. The Morgan fingerprint density at radius 1 is 1.06 bits per heavy atom. The molecule has 0 bridgehead atoms. The first-order valence-electron chi connectivity index (χ1n) is 11.3. The molecule has 0 unspecified atom stereocenters. The van der Waals surface area contributed by atoms with Crippen molar-refractivity contribution in [1.82, 2.24) is 0 Å². The van der Waals surface area contributed by atoms with Gasteiger partial charge in [-0.3, -0.25) is 14.4 Å². The zero-order valence-corrected chi connectivity index (χ0v) is 22.1. The van der Waals surface area contributed by atoms with Gasteiger partial charge in [-0.15, -0.1) is 0 Å². The third-order valence-corrected chi connectivity index (χ3v) is 6.95. The smallest absolute Gasteiger partial charge is 0.311 e. The summed E-state index contributed by atoms with van der Waals surface area (Å²) in [5.74, 6) is -0.568. The molecule has 3 aromatic rings. The number of nitrogens with one attached hydrogen (secondary N) is 1. The van der Waals surface area contributed by atoms with Gasteiger partial charge in [-0.1, -0.05) is 29.3 Å². The Balaban J connectivity index is 1.30. The van der Waals surface area contributed by atoms with Crippen LogP contribution in [-0.4, -0.2) is 30.9 Å². The monoisotopic (exact) mass is 570 g/mol. The van der Waals surface area contributed by atoms with Crippen molar-refractivity contribution in [2.45, 2.75) is 20.3 Å². The number of halogens is 2. The van der Waals surface area contributed by atoms with Gasteiger partial charge in [-0.05, 0) is 83.9 Å².